The van der Waals surface area contributed by atoms with Crippen molar-refractivity contribution in [2.24, 2.45) is 0 Å². The molecular weight excluding hydrogens is 400 g/mol. The van der Waals surface area contributed by atoms with Gasteiger partial charge in [-0.05, 0) is 60.7 Å². The molecule has 1 unspecified atom stereocenters. The van der Waals surface area contributed by atoms with Crippen LogP contribution in [0.25, 0.3) is 0 Å². The standard InChI is InChI=1S/C21H17F2NO6/c22-13-1-5-15(6-2-13)28-12-17-9-10-18(30-17)20(25)24-11-19(21(26)27)29-16-7-3-14(23)4-8-16/h1-10,19H,11-12H2,(H,24,25)(H,26,27). The topological polar surface area (TPSA) is 98.0 Å². The van der Waals surface area contributed by atoms with Gasteiger partial charge in [-0.25, -0.2) is 13.6 Å². The molecule has 3 rings (SSSR count). The Bertz CT molecular complexity index is 1000. The normalized spacial score (nSPS) is 11.5. The number of hydrogen-bond donors (Lipinski definition) is 2. The van der Waals surface area contributed by atoms with E-state index in [0.717, 1.165) is 12.1 Å². The van der Waals surface area contributed by atoms with Crippen LogP contribution < -0.4 is 14.8 Å². The average Bonchev–Trinajstić information content (AvgIpc) is 3.21. The Morgan fingerprint density at radius 3 is 2.13 bits per heavy atom. The number of furan rings is 1. The van der Waals surface area contributed by atoms with Crippen LogP contribution in [0.2, 0.25) is 0 Å². The molecule has 30 heavy (non-hydrogen) atoms. The molecule has 0 spiro atoms. The lowest BCUT2D eigenvalue weighted by Gasteiger charge is -2.15. The average molecular weight is 417 g/mol. The van der Waals surface area contributed by atoms with E-state index in [0.29, 0.717) is 11.5 Å². The van der Waals surface area contributed by atoms with Crippen molar-refractivity contribution >= 4 is 11.9 Å². The zero-order valence-electron chi connectivity index (χ0n) is 15.5. The molecule has 1 amide bonds. The fourth-order valence-corrected chi connectivity index (χ4v) is 2.39. The number of nitrogens with one attached hydrogen (secondary N) is 1. The molecule has 0 fully saturated rings. The summed E-state index contributed by atoms with van der Waals surface area (Å²) in [6, 6.07) is 13.2. The largest absolute Gasteiger partial charge is 0.486 e. The van der Waals surface area contributed by atoms with Crippen LogP contribution in [0.5, 0.6) is 11.5 Å². The van der Waals surface area contributed by atoms with Crippen molar-refractivity contribution in [3.8, 4) is 11.5 Å². The molecule has 0 aliphatic carbocycles. The minimum Gasteiger partial charge on any atom is -0.486 e. The Kier molecular flexibility index (Phi) is 6.63. The van der Waals surface area contributed by atoms with Gasteiger partial charge in [-0.15, -0.1) is 0 Å². The summed E-state index contributed by atoms with van der Waals surface area (Å²) in [6.07, 6.45) is -1.38. The first-order valence-corrected chi connectivity index (χ1v) is 8.81. The number of carboxylic acid groups (broad SMARTS) is 1. The summed E-state index contributed by atoms with van der Waals surface area (Å²) in [5.41, 5.74) is 0. The molecule has 3 aromatic rings. The Hall–Kier alpha value is -3.88. The Morgan fingerprint density at radius 2 is 1.53 bits per heavy atom. The monoisotopic (exact) mass is 417 g/mol. The number of benzene rings is 2. The van der Waals surface area contributed by atoms with E-state index >= 15 is 0 Å². The fourth-order valence-electron chi connectivity index (χ4n) is 2.39. The molecule has 0 bridgehead atoms. The predicted octanol–water partition coefficient (Wildman–Crippen LogP) is 3.40. The van der Waals surface area contributed by atoms with E-state index in [4.69, 9.17) is 13.9 Å². The molecule has 0 saturated heterocycles. The van der Waals surface area contributed by atoms with Crippen LogP contribution in [0, 0.1) is 11.6 Å². The van der Waals surface area contributed by atoms with Gasteiger partial charge >= 0.3 is 5.97 Å². The van der Waals surface area contributed by atoms with Gasteiger partial charge in [-0.1, -0.05) is 0 Å². The second kappa shape index (κ2) is 9.55. The van der Waals surface area contributed by atoms with Gasteiger partial charge in [0.15, 0.2) is 5.76 Å². The van der Waals surface area contributed by atoms with Gasteiger partial charge in [0, 0.05) is 0 Å². The lowest BCUT2D eigenvalue weighted by atomic mass is 10.3. The molecule has 0 saturated carbocycles. The number of amides is 1. The van der Waals surface area contributed by atoms with Gasteiger partial charge in [0.25, 0.3) is 5.91 Å². The van der Waals surface area contributed by atoms with Crippen LogP contribution in [-0.4, -0.2) is 29.6 Å². The predicted molar refractivity (Wildman–Crippen MR) is 100 cm³/mol. The van der Waals surface area contributed by atoms with Gasteiger partial charge < -0.3 is 24.3 Å². The lowest BCUT2D eigenvalue weighted by Crippen LogP contribution is -2.40. The summed E-state index contributed by atoms with van der Waals surface area (Å²) in [6.45, 7) is -0.321. The minimum atomic E-state index is -1.38. The molecule has 0 aliphatic rings. The molecule has 7 nitrogen and oxygen atoms in total. The zero-order valence-corrected chi connectivity index (χ0v) is 15.5. The number of carbonyl (C=O) groups is 2. The quantitative estimate of drug-likeness (QED) is 0.554. The van der Waals surface area contributed by atoms with Crippen molar-refractivity contribution in [2.45, 2.75) is 12.7 Å². The van der Waals surface area contributed by atoms with E-state index in [9.17, 15) is 23.5 Å². The SMILES string of the molecule is O=C(NCC(Oc1ccc(F)cc1)C(=O)O)c1ccc(COc2ccc(F)cc2)o1. The van der Waals surface area contributed by atoms with Gasteiger partial charge in [-0.3, -0.25) is 4.79 Å². The van der Waals surface area contributed by atoms with Crippen LogP contribution in [0.4, 0.5) is 8.78 Å². The van der Waals surface area contributed by atoms with E-state index < -0.39 is 23.8 Å². The second-order valence-electron chi connectivity index (χ2n) is 6.12. The number of ether oxygens (including phenoxy) is 2. The maximum atomic E-state index is 12.9. The van der Waals surface area contributed by atoms with E-state index in [1.807, 2.05) is 0 Å². The van der Waals surface area contributed by atoms with Crippen LogP contribution in [-0.2, 0) is 11.4 Å². The number of carboxylic acids is 1. The van der Waals surface area contributed by atoms with Crippen molar-refractivity contribution in [2.75, 3.05) is 6.54 Å². The highest BCUT2D eigenvalue weighted by Crippen LogP contribution is 2.16. The van der Waals surface area contributed by atoms with E-state index in [-0.39, 0.29) is 30.5 Å². The summed E-state index contributed by atoms with van der Waals surface area (Å²) < 4.78 is 41.9. The highest BCUT2D eigenvalue weighted by Gasteiger charge is 2.22. The fraction of sp³-hybridized carbons (Fsp3) is 0.143. The lowest BCUT2D eigenvalue weighted by molar-refractivity contribution is -0.144. The first-order chi connectivity index (χ1) is 14.4. The molecule has 2 N–H and O–H groups in total. The number of halogens is 2. The van der Waals surface area contributed by atoms with Crippen molar-refractivity contribution in [3.63, 3.8) is 0 Å². The number of carbonyl (C=O) groups excluding carboxylic acids is 1. The Balaban J connectivity index is 1.52. The van der Waals surface area contributed by atoms with Crippen molar-refractivity contribution < 1.29 is 37.4 Å². The van der Waals surface area contributed by atoms with Crippen LogP contribution in [0.3, 0.4) is 0 Å². The second-order valence-corrected chi connectivity index (χ2v) is 6.12. The maximum absolute atomic E-state index is 12.9. The third kappa shape index (κ3) is 5.81. The minimum absolute atomic E-state index is 0.0182. The summed E-state index contributed by atoms with van der Waals surface area (Å²) in [4.78, 5) is 23.6. The first kappa shape index (κ1) is 20.8. The zero-order chi connectivity index (χ0) is 21.5. The maximum Gasteiger partial charge on any atom is 0.346 e. The van der Waals surface area contributed by atoms with E-state index in [2.05, 4.69) is 5.32 Å². The highest BCUT2D eigenvalue weighted by molar-refractivity contribution is 5.91. The molecule has 1 atom stereocenters. The summed E-state index contributed by atoms with van der Waals surface area (Å²) in [5.74, 6) is -1.93. The molecule has 2 aromatic carbocycles. The van der Waals surface area contributed by atoms with Crippen molar-refractivity contribution in [3.05, 3.63) is 83.8 Å². The smallest absolute Gasteiger partial charge is 0.346 e. The van der Waals surface area contributed by atoms with Gasteiger partial charge in [0.2, 0.25) is 6.10 Å². The van der Waals surface area contributed by atoms with Crippen LogP contribution >= 0.6 is 0 Å². The molecular formula is C21H17F2NO6. The molecule has 1 aromatic heterocycles. The molecule has 0 radical (unpaired) electrons. The number of hydrogen-bond acceptors (Lipinski definition) is 5. The van der Waals surface area contributed by atoms with Crippen molar-refractivity contribution in [1.82, 2.24) is 5.32 Å². The Morgan fingerprint density at radius 1 is 0.933 bits per heavy atom. The Labute approximate surface area is 169 Å². The van der Waals surface area contributed by atoms with Gasteiger partial charge in [0.05, 0.1) is 6.54 Å². The van der Waals surface area contributed by atoms with Gasteiger partial charge in [-0.2, -0.15) is 0 Å². The number of aliphatic carboxylic acids is 1. The molecule has 9 heteroatoms. The number of rotatable bonds is 9. The van der Waals surface area contributed by atoms with Crippen molar-refractivity contribution in [1.29, 1.82) is 0 Å². The third-order valence-corrected chi connectivity index (χ3v) is 3.90. The third-order valence-electron chi connectivity index (χ3n) is 3.90. The van der Waals surface area contributed by atoms with Crippen LogP contribution in [0.15, 0.2) is 65.1 Å². The van der Waals surface area contributed by atoms with E-state index in [1.165, 1.54) is 48.5 Å². The van der Waals surface area contributed by atoms with E-state index in [1.54, 1.807) is 0 Å². The molecule has 156 valence electrons. The highest BCUT2D eigenvalue weighted by atomic mass is 19.1. The first-order valence-electron chi connectivity index (χ1n) is 8.81. The summed E-state index contributed by atoms with van der Waals surface area (Å²) in [7, 11) is 0. The summed E-state index contributed by atoms with van der Waals surface area (Å²) >= 11 is 0. The van der Waals surface area contributed by atoms with Crippen LogP contribution in [0.1, 0.15) is 16.3 Å². The molecule has 0 aliphatic heterocycles. The molecule has 1 heterocycles. The van der Waals surface area contributed by atoms with Gasteiger partial charge in [0.1, 0.15) is 35.5 Å². The summed E-state index contributed by atoms with van der Waals surface area (Å²) in [5, 5.41) is 11.7.